The molecular weight excluding hydrogens is 995 g/mol. The lowest BCUT2D eigenvalue weighted by molar-refractivity contribution is -0.302. The first-order valence-electron chi connectivity index (χ1n) is 35.2. The zero-order valence-electron chi connectivity index (χ0n) is 52.9. The minimum atomic E-state index is -1.57. The fraction of sp³-hybridized carbons (Fsp3) is 0.901. The van der Waals surface area contributed by atoms with Crippen LogP contribution < -0.4 is 5.32 Å². The molecule has 0 aromatic rings. The van der Waals surface area contributed by atoms with Gasteiger partial charge in [0.2, 0.25) is 5.91 Å². The Balaban J connectivity index is 2.13. The first-order chi connectivity index (χ1) is 39.3. The van der Waals surface area contributed by atoms with Crippen molar-refractivity contribution in [3.8, 4) is 0 Å². The highest BCUT2D eigenvalue weighted by atomic mass is 16.7. The van der Waals surface area contributed by atoms with Crippen LogP contribution in [0.15, 0.2) is 36.5 Å². The van der Waals surface area contributed by atoms with E-state index in [-0.39, 0.29) is 12.5 Å². The molecule has 1 rings (SSSR count). The molecule has 7 unspecified atom stereocenters. The molecule has 9 heteroatoms. The third-order valence-electron chi connectivity index (χ3n) is 16.9. The lowest BCUT2D eigenvalue weighted by Gasteiger charge is -2.40. The van der Waals surface area contributed by atoms with Crippen LogP contribution in [-0.4, -0.2) is 87.5 Å². The number of carbonyl (C=O) groups is 1. The van der Waals surface area contributed by atoms with Crippen LogP contribution in [0, 0.1) is 0 Å². The summed E-state index contributed by atoms with van der Waals surface area (Å²) >= 11 is 0. The Morgan fingerprint density at radius 3 is 1.05 bits per heavy atom. The first-order valence-corrected chi connectivity index (χ1v) is 35.2. The predicted molar refractivity (Wildman–Crippen MR) is 341 cm³/mol. The molecule has 9 nitrogen and oxygen atoms in total. The van der Waals surface area contributed by atoms with Crippen LogP contribution in [-0.2, 0) is 14.3 Å². The summed E-state index contributed by atoms with van der Waals surface area (Å²) in [4.78, 5) is 13.1. The van der Waals surface area contributed by atoms with Gasteiger partial charge < -0.3 is 40.3 Å². The van der Waals surface area contributed by atoms with Gasteiger partial charge in [0.15, 0.2) is 6.29 Å². The molecule has 1 amide bonds. The number of unbranched alkanes of at least 4 members (excludes halogenated alkanes) is 48. The zero-order chi connectivity index (χ0) is 57.9. The van der Waals surface area contributed by atoms with E-state index in [0.29, 0.717) is 6.42 Å². The van der Waals surface area contributed by atoms with Crippen LogP contribution in [0.4, 0.5) is 0 Å². The van der Waals surface area contributed by atoms with Gasteiger partial charge in [-0.1, -0.05) is 339 Å². The maximum absolute atomic E-state index is 13.1. The van der Waals surface area contributed by atoms with Crippen molar-refractivity contribution in [3.63, 3.8) is 0 Å². The summed E-state index contributed by atoms with van der Waals surface area (Å²) in [5.41, 5.74) is 0. The molecule has 1 aliphatic rings. The number of aliphatic hydroxyl groups is 5. The summed E-state index contributed by atoms with van der Waals surface area (Å²) in [5.74, 6) is -0.183. The molecule has 0 saturated carbocycles. The van der Waals surface area contributed by atoms with E-state index in [1.807, 2.05) is 6.08 Å². The molecular formula is C71H135NO8. The molecule has 7 atom stereocenters. The van der Waals surface area contributed by atoms with Crippen LogP contribution in [0.1, 0.15) is 354 Å². The molecule has 80 heavy (non-hydrogen) atoms. The zero-order valence-corrected chi connectivity index (χ0v) is 52.9. The van der Waals surface area contributed by atoms with Gasteiger partial charge in [-0.3, -0.25) is 4.79 Å². The molecule has 1 saturated heterocycles. The lowest BCUT2D eigenvalue weighted by atomic mass is 9.99. The van der Waals surface area contributed by atoms with Gasteiger partial charge in [-0.25, -0.2) is 0 Å². The second-order valence-electron chi connectivity index (χ2n) is 24.7. The molecule has 1 aliphatic heterocycles. The highest BCUT2D eigenvalue weighted by molar-refractivity contribution is 5.76. The average molecular weight is 1130 g/mol. The Bertz CT molecular complexity index is 1360. The van der Waals surface area contributed by atoms with E-state index in [0.717, 1.165) is 44.9 Å². The molecule has 472 valence electrons. The van der Waals surface area contributed by atoms with Crippen molar-refractivity contribution in [2.24, 2.45) is 0 Å². The Hall–Kier alpha value is -1.59. The highest BCUT2D eigenvalue weighted by Crippen LogP contribution is 2.23. The van der Waals surface area contributed by atoms with E-state index in [9.17, 15) is 30.3 Å². The summed E-state index contributed by atoms with van der Waals surface area (Å²) in [6.45, 7) is 3.81. The molecule has 0 radical (unpaired) electrons. The van der Waals surface area contributed by atoms with Crippen molar-refractivity contribution in [2.75, 3.05) is 13.2 Å². The van der Waals surface area contributed by atoms with Crippen LogP contribution >= 0.6 is 0 Å². The van der Waals surface area contributed by atoms with Gasteiger partial charge in [0.25, 0.3) is 0 Å². The SMILES string of the molecule is CCCCCCCCCCCCCCCC/C=C/CC/C=C/CC/C=C/C(O)C(COC1OC(CO)C(O)C(O)C1O)NC(=O)CCCCCCCCCCCCCCCCCCCCCCCCCCCCCCCCCCC. The summed E-state index contributed by atoms with van der Waals surface area (Å²) < 4.78 is 11.3. The summed E-state index contributed by atoms with van der Waals surface area (Å²) in [7, 11) is 0. The second kappa shape index (κ2) is 60.5. The predicted octanol–water partition coefficient (Wildman–Crippen LogP) is 19.0. The maximum atomic E-state index is 13.1. The van der Waals surface area contributed by atoms with Gasteiger partial charge in [-0.05, 0) is 44.9 Å². The summed E-state index contributed by atoms with van der Waals surface area (Å²) in [5, 5.41) is 54.7. The van der Waals surface area contributed by atoms with E-state index in [1.165, 1.54) is 289 Å². The minimum absolute atomic E-state index is 0.183. The summed E-state index contributed by atoms with van der Waals surface area (Å²) in [6, 6.07) is -0.828. The highest BCUT2D eigenvalue weighted by Gasteiger charge is 2.44. The van der Waals surface area contributed by atoms with Crippen molar-refractivity contribution in [3.05, 3.63) is 36.5 Å². The normalized spacial score (nSPS) is 18.6. The minimum Gasteiger partial charge on any atom is -0.394 e. The number of carbonyl (C=O) groups excluding carboxylic acids is 1. The fourth-order valence-corrected chi connectivity index (χ4v) is 11.4. The maximum Gasteiger partial charge on any atom is 0.220 e. The van der Waals surface area contributed by atoms with E-state index in [1.54, 1.807) is 6.08 Å². The molecule has 0 bridgehead atoms. The van der Waals surface area contributed by atoms with Gasteiger partial charge in [0.05, 0.1) is 25.4 Å². The number of aliphatic hydroxyl groups excluding tert-OH is 5. The monoisotopic (exact) mass is 1130 g/mol. The third kappa shape index (κ3) is 48.7. The van der Waals surface area contributed by atoms with Crippen LogP contribution in [0.25, 0.3) is 0 Å². The summed E-state index contributed by atoms with van der Waals surface area (Å²) in [6.07, 6.45) is 74.1. The van der Waals surface area contributed by atoms with E-state index in [2.05, 4.69) is 43.5 Å². The van der Waals surface area contributed by atoms with Gasteiger partial charge in [-0.15, -0.1) is 0 Å². The third-order valence-corrected chi connectivity index (χ3v) is 16.9. The standard InChI is InChI=1S/C71H135NO8/c1-3-5-7-9-11-13-15-17-19-21-23-25-27-29-30-31-32-33-34-35-36-37-39-41-43-45-47-49-51-53-55-57-59-61-67(75)72-64(63-79-71-70(78)69(77)68(76)66(62-73)80-71)65(74)60-58-56-54-52-50-48-46-44-42-40-38-28-26-24-22-20-18-16-14-12-10-8-6-4-2/h42,44,50,52,58,60,64-66,68-71,73-74,76-78H,3-41,43,45-49,51,53-57,59,61-63H2,1-2H3,(H,72,75)/b44-42+,52-50+,60-58+. The number of ether oxygens (including phenoxy) is 2. The number of rotatable bonds is 62. The van der Waals surface area contributed by atoms with Crippen molar-refractivity contribution in [1.82, 2.24) is 5.32 Å². The van der Waals surface area contributed by atoms with E-state index in [4.69, 9.17) is 9.47 Å². The van der Waals surface area contributed by atoms with Crippen LogP contribution in [0.2, 0.25) is 0 Å². The number of hydrogen-bond donors (Lipinski definition) is 6. The largest absolute Gasteiger partial charge is 0.394 e. The van der Waals surface area contributed by atoms with Crippen molar-refractivity contribution in [2.45, 2.75) is 397 Å². The molecule has 6 N–H and O–H groups in total. The topological polar surface area (TPSA) is 149 Å². The van der Waals surface area contributed by atoms with Gasteiger partial charge in [-0.2, -0.15) is 0 Å². The van der Waals surface area contributed by atoms with E-state index >= 15 is 0 Å². The lowest BCUT2D eigenvalue weighted by Crippen LogP contribution is -2.60. The second-order valence-corrected chi connectivity index (χ2v) is 24.7. The molecule has 0 aliphatic carbocycles. The Labute approximate surface area is 495 Å². The first kappa shape index (κ1) is 76.4. The Morgan fingerprint density at radius 2 is 0.713 bits per heavy atom. The quantitative estimate of drug-likeness (QED) is 0.0261. The molecule has 0 aromatic heterocycles. The number of allylic oxidation sites excluding steroid dienone is 5. The van der Waals surface area contributed by atoms with Crippen molar-refractivity contribution >= 4 is 5.91 Å². The number of amides is 1. The van der Waals surface area contributed by atoms with Crippen LogP contribution in [0.5, 0.6) is 0 Å². The van der Waals surface area contributed by atoms with E-state index < -0.39 is 49.5 Å². The van der Waals surface area contributed by atoms with Crippen molar-refractivity contribution < 1.29 is 39.8 Å². The average Bonchev–Trinajstić information content (AvgIpc) is 3.46. The molecule has 0 spiro atoms. The van der Waals surface area contributed by atoms with Crippen LogP contribution in [0.3, 0.4) is 0 Å². The number of hydrogen-bond acceptors (Lipinski definition) is 8. The van der Waals surface area contributed by atoms with Gasteiger partial charge in [0, 0.05) is 6.42 Å². The molecule has 0 aromatic carbocycles. The van der Waals surface area contributed by atoms with Gasteiger partial charge in [0.1, 0.15) is 24.4 Å². The van der Waals surface area contributed by atoms with Crippen molar-refractivity contribution in [1.29, 1.82) is 0 Å². The Kier molecular flexibility index (Phi) is 57.8. The number of nitrogens with one attached hydrogen (secondary N) is 1. The molecule has 1 fully saturated rings. The fourth-order valence-electron chi connectivity index (χ4n) is 11.4. The van der Waals surface area contributed by atoms with Gasteiger partial charge >= 0.3 is 0 Å². The Morgan fingerprint density at radius 1 is 0.412 bits per heavy atom. The molecule has 1 heterocycles. The smallest absolute Gasteiger partial charge is 0.220 e.